The van der Waals surface area contributed by atoms with Gasteiger partial charge >= 0.3 is 0 Å². The molecule has 1 saturated heterocycles. The quantitative estimate of drug-likeness (QED) is 0.920. The molecular formula is C17H23N3O. The van der Waals surface area contributed by atoms with E-state index in [0.29, 0.717) is 23.3 Å². The predicted molar refractivity (Wildman–Crippen MR) is 80.5 cm³/mol. The molecule has 1 aromatic rings. The molecule has 4 heteroatoms. The normalized spacial score (nSPS) is 26.6. The molecule has 2 saturated carbocycles. The van der Waals surface area contributed by atoms with Crippen molar-refractivity contribution in [3.8, 4) is 0 Å². The molecule has 4 rings (SSSR count). The van der Waals surface area contributed by atoms with Gasteiger partial charge in [-0.2, -0.15) is 0 Å². The molecule has 0 aromatic carbocycles. The maximum Gasteiger partial charge on any atom is 0.226 e. The van der Waals surface area contributed by atoms with Crippen molar-refractivity contribution in [2.75, 3.05) is 13.1 Å². The molecule has 2 heterocycles. The molecule has 3 aliphatic rings. The highest BCUT2D eigenvalue weighted by molar-refractivity contribution is 5.83. The molecule has 3 fully saturated rings. The number of nitrogens with one attached hydrogen (secondary N) is 1. The number of aromatic nitrogens is 1. The number of hydrogen-bond donors (Lipinski definition) is 1. The van der Waals surface area contributed by atoms with Crippen molar-refractivity contribution in [1.82, 2.24) is 15.2 Å². The SMILES string of the molecule is O=C(C1CC12CCNCC2)N(Cc1ccncc1)C1CC1. The second-order valence-electron chi connectivity index (χ2n) is 6.92. The summed E-state index contributed by atoms with van der Waals surface area (Å²) in [6.07, 6.45) is 9.46. The van der Waals surface area contributed by atoms with E-state index in [2.05, 4.69) is 15.2 Å². The summed E-state index contributed by atoms with van der Waals surface area (Å²) in [6, 6.07) is 4.54. The Morgan fingerprint density at radius 1 is 1.29 bits per heavy atom. The number of hydrogen-bond acceptors (Lipinski definition) is 3. The van der Waals surface area contributed by atoms with Crippen molar-refractivity contribution >= 4 is 5.91 Å². The first kappa shape index (κ1) is 13.3. The van der Waals surface area contributed by atoms with Crippen molar-refractivity contribution < 1.29 is 4.79 Å². The summed E-state index contributed by atoms with van der Waals surface area (Å²) >= 11 is 0. The summed E-state index contributed by atoms with van der Waals surface area (Å²) in [5.41, 5.74) is 1.54. The van der Waals surface area contributed by atoms with Gasteiger partial charge in [0.1, 0.15) is 0 Å². The molecule has 0 radical (unpaired) electrons. The van der Waals surface area contributed by atoms with Crippen molar-refractivity contribution in [2.24, 2.45) is 11.3 Å². The minimum atomic E-state index is 0.294. The first-order chi connectivity index (χ1) is 10.3. The van der Waals surface area contributed by atoms with Crippen molar-refractivity contribution in [1.29, 1.82) is 0 Å². The van der Waals surface area contributed by atoms with E-state index >= 15 is 0 Å². The Labute approximate surface area is 125 Å². The van der Waals surface area contributed by atoms with Gasteiger partial charge < -0.3 is 10.2 Å². The standard InChI is InChI=1S/C17H23N3O/c21-16(15-11-17(15)5-9-19-10-6-17)20(14-1-2-14)12-13-3-7-18-8-4-13/h3-4,7-8,14-15,19H,1-2,5-6,9-12H2. The predicted octanol–water partition coefficient (Wildman–Crippen LogP) is 1.96. The lowest BCUT2D eigenvalue weighted by Gasteiger charge is -2.27. The van der Waals surface area contributed by atoms with Crippen molar-refractivity contribution in [3.63, 3.8) is 0 Å². The highest BCUT2D eigenvalue weighted by Gasteiger charge is 2.59. The average molecular weight is 285 g/mol. The summed E-state index contributed by atoms with van der Waals surface area (Å²) in [6.45, 7) is 2.92. The highest BCUT2D eigenvalue weighted by Crippen LogP contribution is 2.59. The molecule has 21 heavy (non-hydrogen) atoms. The lowest BCUT2D eigenvalue weighted by Crippen LogP contribution is -2.37. The van der Waals surface area contributed by atoms with Crippen LogP contribution in [0.1, 0.15) is 37.7 Å². The van der Waals surface area contributed by atoms with Gasteiger partial charge in [-0.3, -0.25) is 9.78 Å². The monoisotopic (exact) mass is 285 g/mol. The molecule has 1 amide bonds. The first-order valence-corrected chi connectivity index (χ1v) is 8.19. The third-order valence-electron chi connectivity index (χ3n) is 5.46. The van der Waals surface area contributed by atoms with Crippen molar-refractivity contribution in [2.45, 2.75) is 44.7 Å². The van der Waals surface area contributed by atoms with Gasteiger partial charge in [-0.15, -0.1) is 0 Å². The number of piperidine rings is 1. The zero-order valence-corrected chi connectivity index (χ0v) is 12.4. The van der Waals surface area contributed by atoms with Gasteiger partial charge in [0, 0.05) is 30.9 Å². The highest BCUT2D eigenvalue weighted by atomic mass is 16.2. The molecule has 1 N–H and O–H groups in total. The smallest absolute Gasteiger partial charge is 0.226 e. The van der Waals surface area contributed by atoms with E-state index in [-0.39, 0.29) is 0 Å². The molecule has 1 unspecified atom stereocenters. The minimum absolute atomic E-state index is 0.294. The number of rotatable bonds is 4. The Morgan fingerprint density at radius 3 is 2.67 bits per heavy atom. The first-order valence-electron chi connectivity index (χ1n) is 8.19. The van der Waals surface area contributed by atoms with Crippen molar-refractivity contribution in [3.05, 3.63) is 30.1 Å². The van der Waals surface area contributed by atoms with Crippen LogP contribution in [0, 0.1) is 11.3 Å². The molecular weight excluding hydrogens is 262 g/mol. The van der Waals surface area contributed by atoms with E-state index in [0.717, 1.165) is 26.1 Å². The Hall–Kier alpha value is -1.42. The van der Waals surface area contributed by atoms with E-state index in [1.807, 2.05) is 24.5 Å². The molecule has 4 nitrogen and oxygen atoms in total. The zero-order valence-electron chi connectivity index (χ0n) is 12.4. The molecule has 112 valence electrons. The van der Waals surface area contributed by atoms with E-state index < -0.39 is 0 Å². The summed E-state index contributed by atoms with van der Waals surface area (Å²) < 4.78 is 0. The largest absolute Gasteiger partial charge is 0.335 e. The summed E-state index contributed by atoms with van der Waals surface area (Å²) in [7, 11) is 0. The summed E-state index contributed by atoms with van der Waals surface area (Å²) in [5, 5.41) is 3.41. The molecule has 1 aromatic heterocycles. The van der Waals surface area contributed by atoms with Crippen LogP contribution in [0.25, 0.3) is 0 Å². The van der Waals surface area contributed by atoms with Gasteiger partial charge in [0.05, 0.1) is 0 Å². The van der Waals surface area contributed by atoms with Crippen LogP contribution in [0.4, 0.5) is 0 Å². The van der Waals surface area contributed by atoms with Gasteiger partial charge in [-0.05, 0) is 68.3 Å². The zero-order chi connectivity index (χ0) is 14.3. The van der Waals surface area contributed by atoms with Crippen LogP contribution < -0.4 is 5.32 Å². The Kier molecular flexibility index (Phi) is 3.21. The summed E-state index contributed by atoms with van der Waals surface area (Å²) in [4.78, 5) is 19.2. The van der Waals surface area contributed by atoms with Crippen LogP contribution in [0.3, 0.4) is 0 Å². The molecule has 0 bridgehead atoms. The molecule has 1 atom stereocenters. The van der Waals surface area contributed by atoms with Crippen LogP contribution in [0.2, 0.25) is 0 Å². The van der Waals surface area contributed by atoms with Crippen LogP contribution in [0.15, 0.2) is 24.5 Å². The molecule has 2 aliphatic carbocycles. The molecule has 1 spiro atoms. The van der Waals surface area contributed by atoms with Gasteiger partial charge in [0.15, 0.2) is 0 Å². The number of pyridine rings is 1. The maximum absolute atomic E-state index is 13.0. The third-order valence-corrected chi connectivity index (χ3v) is 5.46. The van der Waals surface area contributed by atoms with Gasteiger partial charge in [0.25, 0.3) is 0 Å². The third kappa shape index (κ3) is 2.57. The maximum atomic E-state index is 13.0. The fourth-order valence-corrected chi connectivity index (χ4v) is 3.83. The van der Waals surface area contributed by atoms with Crippen LogP contribution in [-0.2, 0) is 11.3 Å². The Bertz CT molecular complexity index is 520. The fraction of sp³-hybridized carbons (Fsp3) is 0.647. The van der Waals surface area contributed by atoms with Crippen LogP contribution >= 0.6 is 0 Å². The molecule has 1 aliphatic heterocycles. The fourth-order valence-electron chi connectivity index (χ4n) is 3.83. The van der Waals surface area contributed by atoms with E-state index in [9.17, 15) is 4.79 Å². The Morgan fingerprint density at radius 2 is 2.00 bits per heavy atom. The van der Waals surface area contributed by atoms with E-state index in [4.69, 9.17) is 0 Å². The second kappa shape index (κ2) is 5.09. The second-order valence-corrected chi connectivity index (χ2v) is 6.92. The number of nitrogens with zero attached hydrogens (tertiary/aromatic N) is 2. The summed E-state index contributed by atoms with van der Waals surface area (Å²) in [5.74, 6) is 0.707. The lowest BCUT2D eigenvalue weighted by molar-refractivity contribution is -0.134. The van der Waals surface area contributed by atoms with E-state index in [1.54, 1.807) is 0 Å². The minimum Gasteiger partial charge on any atom is -0.335 e. The van der Waals surface area contributed by atoms with Crippen LogP contribution in [-0.4, -0.2) is 34.9 Å². The number of carbonyl (C=O) groups excluding carboxylic acids is 1. The average Bonchev–Trinajstić information content (AvgIpc) is 3.43. The Balaban J connectivity index is 1.46. The van der Waals surface area contributed by atoms with Gasteiger partial charge in [0.2, 0.25) is 5.91 Å². The van der Waals surface area contributed by atoms with Gasteiger partial charge in [-0.1, -0.05) is 0 Å². The number of amides is 1. The van der Waals surface area contributed by atoms with Crippen LogP contribution in [0.5, 0.6) is 0 Å². The van der Waals surface area contributed by atoms with Gasteiger partial charge in [-0.25, -0.2) is 0 Å². The van der Waals surface area contributed by atoms with E-state index in [1.165, 1.54) is 31.2 Å². The number of carbonyl (C=O) groups is 1. The topological polar surface area (TPSA) is 45.2 Å². The lowest BCUT2D eigenvalue weighted by atomic mass is 9.91.